The Morgan fingerprint density at radius 2 is 2.03 bits per heavy atom. The lowest BCUT2D eigenvalue weighted by atomic mass is 9.83. The van der Waals surface area contributed by atoms with Crippen LogP contribution in [-0.4, -0.2) is 41.6 Å². The summed E-state index contributed by atoms with van der Waals surface area (Å²) in [7, 11) is 0. The number of aryl methyl sites for hydroxylation is 2. The molecule has 1 unspecified atom stereocenters. The predicted octanol–water partition coefficient (Wildman–Crippen LogP) is 4.34. The number of hydrogen-bond donors (Lipinski definition) is 1. The van der Waals surface area contributed by atoms with E-state index in [0.717, 1.165) is 48.8 Å². The molecule has 1 saturated heterocycles. The van der Waals surface area contributed by atoms with Crippen LogP contribution in [-0.2, 0) is 33.7 Å². The quantitative estimate of drug-likeness (QED) is 0.405. The number of carbonyl (C=O) groups excluding carboxylic acids is 2. The van der Waals surface area contributed by atoms with Gasteiger partial charge in [-0.15, -0.1) is 0 Å². The van der Waals surface area contributed by atoms with Crippen LogP contribution in [0, 0.1) is 11.3 Å². The highest BCUT2D eigenvalue weighted by atomic mass is 16.6. The van der Waals surface area contributed by atoms with Crippen molar-refractivity contribution in [3.8, 4) is 11.8 Å². The lowest BCUT2D eigenvalue weighted by Crippen LogP contribution is -2.48. The van der Waals surface area contributed by atoms with E-state index in [4.69, 9.17) is 9.47 Å². The molecule has 188 valence electrons. The molecule has 0 spiro atoms. The van der Waals surface area contributed by atoms with Gasteiger partial charge >= 0.3 is 5.97 Å². The monoisotopic (exact) mass is 487 g/mol. The number of Topliss-reactive ketones (excluding diaryl/α,β-unsaturated/α-hetero) is 1. The largest absolute Gasteiger partial charge is 0.482 e. The van der Waals surface area contributed by atoms with Gasteiger partial charge in [0.15, 0.2) is 12.4 Å². The summed E-state index contributed by atoms with van der Waals surface area (Å²) in [5.41, 5.74) is 3.19. The molecule has 36 heavy (non-hydrogen) atoms. The van der Waals surface area contributed by atoms with Crippen LogP contribution in [0.15, 0.2) is 48.5 Å². The molecule has 1 aliphatic rings. The number of hydrogen-bond acceptors (Lipinski definition) is 6. The van der Waals surface area contributed by atoms with Crippen LogP contribution in [0.2, 0.25) is 0 Å². The summed E-state index contributed by atoms with van der Waals surface area (Å²) < 4.78 is 12.7. The SMILES string of the molecule is CCOC(=O)COc1cccc(CC(=O)C2(CCc3cc4ccc(C#N)cc4n3CC)CCCN2)c1. The zero-order chi connectivity index (χ0) is 25.5. The number of fused-ring (bicyclic) bond motifs is 1. The summed E-state index contributed by atoms with van der Waals surface area (Å²) in [6.07, 6.45) is 3.57. The fourth-order valence-corrected chi connectivity index (χ4v) is 5.14. The topological polar surface area (TPSA) is 93.3 Å². The molecular weight excluding hydrogens is 454 g/mol. The number of carbonyl (C=O) groups is 2. The number of esters is 1. The Labute approximate surface area is 212 Å². The van der Waals surface area contributed by atoms with Crippen LogP contribution in [0.5, 0.6) is 5.75 Å². The first-order valence-corrected chi connectivity index (χ1v) is 12.7. The van der Waals surface area contributed by atoms with Crippen molar-refractivity contribution in [2.45, 2.75) is 58.0 Å². The smallest absolute Gasteiger partial charge is 0.344 e. The van der Waals surface area contributed by atoms with Crippen molar-refractivity contribution in [1.29, 1.82) is 5.26 Å². The summed E-state index contributed by atoms with van der Waals surface area (Å²) in [6, 6.07) is 17.5. The molecule has 1 aromatic heterocycles. The summed E-state index contributed by atoms with van der Waals surface area (Å²) >= 11 is 0. The maximum absolute atomic E-state index is 13.6. The average molecular weight is 488 g/mol. The third-order valence-electron chi connectivity index (χ3n) is 6.95. The van der Waals surface area contributed by atoms with Crippen molar-refractivity contribution in [3.63, 3.8) is 0 Å². The summed E-state index contributed by atoms with van der Waals surface area (Å²) in [5.74, 6) is 0.306. The van der Waals surface area contributed by atoms with Crippen LogP contribution in [0.3, 0.4) is 0 Å². The molecule has 0 aliphatic carbocycles. The van der Waals surface area contributed by atoms with E-state index in [1.807, 2.05) is 36.4 Å². The van der Waals surface area contributed by atoms with Gasteiger partial charge in [0.05, 0.1) is 23.8 Å². The second kappa shape index (κ2) is 11.4. The molecule has 2 heterocycles. The Balaban J connectivity index is 1.47. The second-order valence-corrected chi connectivity index (χ2v) is 9.22. The number of nitrogens with one attached hydrogen (secondary N) is 1. The minimum atomic E-state index is -0.561. The Kier molecular flexibility index (Phi) is 8.07. The molecule has 4 rings (SSSR count). The van der Waals surface area contributed by atoms with Crippen molar-refractivity contribution < 1.29 is 19.1 Å². The Morgan fingerprint density at radius 3 is 2.75 bits per heavy atom. The molecule has 0 saturated carbocycles. The lowest BCUT2D eigenvalue weighted by molar-refractivity contribution is -0.145. The maximum atomic E-state index is 13.6. The molecule has 7 heteroatoms. The van der Waals surface area contributed by atoms with Gasteiger partial charge in [-0.25, -0.2) is 4.79 Å². The van der Waals surface area contributed by atoms with Gasteiger partial charge < -0.3 is 19.4 Å². The molecule has 2 aromatic carbocycles. The van der Waals surface area contributed by atoms with Crippen molar-refractivity contribution >= 4 is 22.7 Å². The van der Waals surface area contributed by atoms with E-state index in [1.54, 1.807) is 13.0 Å². The van der Waals surface area contributed by atoms with E-state index in [9.17, 15) is 14.9 Å². The van der Waals surface area contributed by atoms with Crippen molar-refractivity contribution in [2.24, 2.45) is 0 Å². The molecule has 1 atom stereocenters. The molecule has 1 aliphatic heterocycles. The molecule has 7 nitrogen and oxygen atoms in total. The Hall–Kier alpha value is -3.63. The minimum absolute atomic E-state index is 0.155. The van der Waals surface area contributed by atoms with Crippen molar-refractivity contribution in [3.05, 3.63) is 65.4 Å². The highest BCUT2D eigenvalue weighted by molar-refractivity contribution is 5.90. The van der Waals surface area contributed by atoms with Crippen LogP contribution < -0.4 is 10.1 Å². The lowest BCUT2D eigenvalue weighted by Gasteiger charge is -2.28. The van der Waals surface area contributed by atoms with Gasteiger partial charge in [0.2, 0.25) is 0 Å². The fourth-order valence-electron chi connectivity index (χ4n) is 5.14. The standard InChI is InChI=1S/C29H33N3O4/c1-3-32-24(18-23-10-9-22(19-30)16-26(23)32)11-13-29(12-6-14-31-29)27(33)17-21-7-5-8-25(15-21)36-20-28(34)35-4-2/h5,7-10,15-16,18,31H,3-4,6,11-14,17,20H2,1-2H3. The highest BCUT2D eigenvalue weighted by Gasteiger charge is 2.40. The number of rotatable bonds is 11. The van der Waals surface area contributed by atoms with Crippen LogP contribution in [0.1, 0.15) is 49.9 Å². The van der Waals surface area contributed by atoms with Gasteiger partial charge in [0.25, 0.3) is 0 Å². The molecule has 0 bridgehead atoms. The van der Waals surface area contributed by atoms with E-state index in [0.29, 0.717) is 30.8 Å². The molecule has 0 radical (unpaired) electrons. The highest BCUT2D eigenvalue weighted by Crippen LogP contribution is 2.30. The van der Waals surface area contributed by atoms with Gasteiger partial charge in [-0.05, 0) is 87.4 Å². The van der Waals surface area contributed by atoms with E-state index < -0.39 is 11.5 Å². The first kappa shape index (κ1) is 25.5. The van der Waals surface area contributed by atoms with Crippen molar-refractivity contribution in [1.82, 2.24) is 9.88 Å². The number of ether oxygens (including phenoxy) is 2. The number of nitriles is 1. The zero-order valence-electron chi connectivity index (χ0n) is 21.0. The van der Waals surface area contributed by atoms with Gasteiger partial charge in [-0.1, -0.05) is 18.2 Å². The number of benzene rings is 2. The maximum Gasteiger partial charge on any atom is 0.344 e. The zero-order valence-corrected chi connectivity index (χ0v) is 21.0. The third-order valence-corrected chi connectivity index (χ3v) is 6.95. The van der Waals surface area contributed by atoms with Crippen molar-refractivity contribution in [2.75, 3.05) is 19.8 Å². The number of aromatic nitrogens is 1. The Bertz CT molecular complexity index is 1280. The number of nitrogens with zero attached hydrogens (tertiary/aromatic N) is 2. The molecule has 0 amide bonds. The summed E-state index contributed by atoms with van der Waals surface area (Å²) in [5, 5.41) is 13.9. The first-order chi connectivity index (χ1) is 17.5. The first-order valence-electron chi connectivity index (χ1n) is 12.7. The fraction of sp³-hybridized carbons (Fsp3) is 0.414. The average Bonchev–Trinajstić information content (AvgIpc) is 3.51. The molecule has 1 N–H and O–H groups in total. The van der Waals surface area contributed by atoms with Crippen LogP contribution in [0.4, 0.5) is 0 Å². The minimum Gasteiger partial charge on any atom is -0.482 e. The van der Waals surface area contributed by atoms with E-state index in [-0.39, 0.29) is 12.4 Å². The third kappa shape index (κ3) is 5.60. The predicted molar refractivity (Wildman–Crippen MR) is 138 cm³/mol. The second-order valence-electron chi connectivity index (χ2n) is 9.22. The van der Waals surface area contributed by atoms with Gasteiger partial charge in [-0.3, -0.25) is 4.79 Å². The Morgan fingerprint density at radius 1 is 1.17 bits per heavy atom. The van der Waals surface area contributed by atoms with E-state index >= 15 is 0 Å². The number of ketones is 1. The molecular formula is C29H33N3O4. The molecule has 1 fully saturated rings. The molecule has 3 aromatic rings. The summed E-state index contributed by atoms with van der Waals surface area (Å²) in [6.45, 7) is 5.65. The van der Waals surface area contributed by atoms with Gasteiger partial charge in [-0.2, -0.15) is 5.26 Å². The van der Waals surface area contributed by atoms with Gasteiger partial charge in [0, 0.05) is 24.2 Å². The van der Waals surface area contributed by atoms with E-state index in [2.05, 4.69) is 28.9 Å². The van der Waals surface area contributed by atoms with Crippen LogP contribution in [0.25, 0.3) is 10.9 Å². The van der Waals surface area contributed by atoms with Gasteiger partial charge in [0.1, 0.15) is 5.75 Å². The normalized spacial score (nSPS) is 17.1. The van der Waals surface area contributed by atoms with Crippen LogP contribution >= 0.6 is 0 Å². The van der Waals surface area contributed by atoms with E-state index in [1.165, 1.54) is 5.69 Å². The summed E-state index contributed by atoms with van der Waals surface area (Å²) in [4.78, 5) is 25.2.